The molecule has 0 saturated heterocycles. The largest absolute Gasteiger partial charge is 0.291 e. The summed E-state index contributed by atoms with van der Waals surface area (Å²) >= 11 is 0. The minimum absolute atomic E-state index is 0.162. The predicted molar refractivity (Wildman–Crippen MR) is 38.9 cm³/mol. The number of hydrogen-bond donors (Lipinski definition) is 0. The van der Waals surface area contributed by atoms with Crippen LogP contribution in [-0.4, -0.2) is 6.29 Å². The SMILES string of the molecule is CCCC([C]=O)C(C)C. The molecular weight excluding hydrogens is 112 g/mol. The van der Waals surface area contributed by atoms with Gasteiger partial charge in [-0.1, -0.05) is 27.2 Å². The van der Waals surface area contributed by atoms with Gasteiger partial charge in [-0.2, -0.15) is 0 Å². The van der Waals surface area contributed by atoms with Gasteiger partial charge in [0.15, 0.2) is 0 Å². The highest BCUT2D eigenvalue weighted by Gasteiger charge is 2.10. The van der Waals surface area contributed by atoms with E-state index in [1.807, 2.05) is 0 Å². The Labute approximate surface area is 57.5 Å². The molecule has 1 heteroatoms. The first-order chi connectivity index (χ1) is 4.22. The molecule has 1 radical (unpaired) electrons. The Morgan fingerprint density at radius 1 is 1.44 bits per heavy atom. The number of carbonyl (C=O) groups excluding carboxylic acids is 1. The van der Waals surface area contributed by atoms with Crippen LogP contribution >= 0.6 is 0 Å². The van der Waals surface area contributed by atoms with Crippen molar-refractivity contribution < 1.29 is 4.79 Å². The fourth-order valence-corrected chi connectivity index (χ4v) is 0.839. The summed E-state index contributed by atoms with van der Waals surface area (Å²) in [5, 5.41) is 0. The Kier molecular flexibility index (Phi) is 4.37. The zero-order chi connectivity index (χ0) is 7.28. The Morgan fingerprint density at radius 2 is 2.00 bits per heavy atom. The maximum absolute atomic E-state index is 10.2. The van der Waals surface area contributed by atoms with Crippen LogP contribution in [0.2, 0.25) is 0 Å². The third kappa shape index (κ3) is 3.28. The second-order valence-electron chi connectivity index (χ2n) is 2.76. The van der Waals surface area contributed by atoms with E-state index in [-0.39, 0.29) is 5.92 Å². The highest BCUT2D eigenvalue weighted by atomic mass is 16.1. The van der Waals surface area contributed by atoms with Crippen molar-refractivity contribution >= 4 is 6.29 Å². The van der Waals surface area contributed by atoms with E-state index in [0.717, 1.165) is 12.8 Å². The maximum Gasteiger partial charge on any atom is 0.202 e. The molecule has 0 N–H and O–H groups in total. The average Bonchev–Trinajstić information content (AvgIpc) is 1.82. The van der Waals surface area contributed by atoms with Crippen LogP contribution in [0.4, 0.5) is 0 Å². The molecular formula is C8H15O. The van der Waals surface area contributed by atoms with Gasteiger partial charge in [0.1, 0.15) is 0 Å². The summed E-state index contributed by atoms with van der Waals surface area (Å²) in [6.07, 6.45) is 4.12. The van der Waals surface area contributed by atoms with E-state index in [2.05, 4.69) is 27.1 Å². The summed E-state index contributed by atoms with van der Waals surface area (Å²) in [4.78, 5) is 10.2. The van der Waals surface area contributed by atoms with Crippen LogP contribution in [0.5, 0.6) is 0 Å². The molecule has 0 aromatic heterocycles. The minimum atomic E-state index is 0.162. The molecule has 0 aliphatic carbocycles. The fraction of sp³-hybridized carbons (Fsp3) is 0.875. The molecule has 0 aliphatic rings. The Balaban J connectivity index is 3.54. The van der Waals surface area contributed by atoms with Gasteiger partial charge in [-0.25, -0.2) is 0 Å². The van der Waals surface area contributed by atoms with Crippen molar-refractivity contribution in [2.75, 3.05) is 0 Å². The predicted octanol–water partition coefficient (Wildman–Crippen LogP) is 2.17. The summed E-state index contributed by atoms with van der Waals surface area (Å²) in [5.74, 6) is 0.623. The van der Waals surface area contributed by atoms with Gasteiger partial charge in [-0.3, -0.25) is 4.79 Å². The van der Waals surface area contributed by atoms with E-state index in [9.17, 15) is 4.79 Å². The van der Waals surface area contributed by atoms with Crippen molar-refractivity contribution in [2.24, 2.45) is 11.8 Å². The Morgan fingerprint density at radius 3 is 2.11 bits per heavy atom. The van der Waals surface area contributed by atoms with Crippen LogP contribution in [0.3, 0.4) is 0 Å². The molecule has 0 rings (SSSR count). The van der Waals surface area contributed by atoms with Crippen molar-refractivity contribution in [1.29, 1.82) is 0 Å². The van der Waals surface area contributed by atoms with Crippen LogP contribution in [0.15, 0.2) is 0 Å². The van der Waals surface area contributed by atoms with Gasteiger partial charge in [-0.05, 0) is 12.3 Å². The highest BCUT2D eigenvalue weighted by Crippen LogP contribution is 2.13. The van der Waals surface area contributed by atoms with E-state index in [4.69, 9.17) is 0 Å². The van der Waals surface area contributed by atoms with Gasteiger partial charge in [-0.15, -0.1) is 0 Å². The molecule has 0 spiro atoms. The summed E-state index contributed by atoms with van der Waals surface area (Å²) < 4.78 is 0. The zero-order valence-electron chi connectivity index (χ0n) is 6.48. The van der Waals surface area contributed by atoms with Gasteiger partial charge < -0.3 is 0 Å². The van der Waals surface area contributed by atoms with Crippen LogP contribution < -0.4 is 0 Å². The molecule has 53 valence electrons. The summed E-state index contributed by atoms with van der Waals surface area (Å²) in [5.41, 5.74) is 0. The second kappa shape index (κ2) is 4.54. The van der Waals surface area contributed by atoms with Crippen LogP contribution in [0, 0.1) is 11.8 Å². The molecule has 9 heavy (non-hydrogen) atoms. The first kappa shape index (κ1) is 8.67. The minimum Gasteiger partial charge on any atom is -0.291 e. The molecule has 0 aliphatic heterocycles. The van der Waals surface area contributed by atoms with Gasteiger partial charge in [0, 0.05) is 5.92 Å². The quantitative estimate of drug-likeness (QED) is 0.565. The molecule has 0 aromatic carbocycles. The molecule has 1 nitrogen and oxygen atoms in total. The van der Waals surface area contributed by atoms with Crippen LogP contribution in [0.1, 0.15) is 33.6 Å². The molecule has 0 bridgehead atoms. The van der Waals surface area contributed by atoms with Gasteiger partial charge in [0.05, 0.1) is 0 Å². The monoisotopic (exact) mass is 127 g/mol. The number of hydrogen-bond acceptors (Lipinski definition) is 1. The molecule has 0 amide bonds. The smallest absolute Gasteiger partial charge is 0.202 e. The number of rotatable bonds is 4. The lowest BCUT2D eigenvalue weighted by Crippen LogP contribution is -2.08. The summed E-state index contributed by atoms with van der Waals surface area (Å²) in [7, 11) is 0. The lowest BCUT2D eigenvalue weighted by atomic mass is 9.93. The van der Waals surface area contributed by atoms with E-state index >= 15 is 0 Å². The lowest BCUT2D eigenvalue weighted by Gasteiger charge is -2.10. The molecule has 0 aromatic rings. The van der Waals surface area contributed by atoms with E-state index < -0.39 is 0 Å². The summed E-state index contributed by atoms with van der Waals surface area (Å²) in [6, 6.07) is 0. The molecule has 0 saturated carbocycles. The maximum atomic E-state index is 10.2. The zero-order valence-corrected chi connectivity index (χ0v) is 6.48. The topological polar surface area (TPSA) is 17.1 Å². The van der Waals surface area contributed by atoms with Crippen molar-refractivity contribution in [3.05, 3.63) is 0 Å². The highest BCUT2D eigenvalue weighted by molar-refractivity contribution is 5.54. The second-order valence-corrected chi connectivity index (χ2v) is 2.76. The Bertz CT molecular complexity index is 76.6. The normalized spacial score (nSPS) is 13.8. The van der Waals surface area contributed by atoms with Gasteiger partial charge >= 0.3 is 0 Å². The molecule has 1 atom stereocenters. The first-order valence-corrected chi connectivity index (χ1v) is 3.60. The van der Waals surface area contributed by atoms with Crippen LogP contribution in [0.25, 0.3) is 0 Å². The molecule has 0 heterocycles. The summed E-state index contributed by atoms with van der Waals surface area (Å²) in [6.45, 7) is 6.21. The standard InChI is InChI=1S/C8H15O/c1-4-5-8(6-9)7(2)3/h7-8H,4-5H2,1-3H3. The lowest BCUT2D eigenvalue weighted by molar-refractivity contribution is 0.423. The van der Waals surface area contributed by atoms with Crippen molar-refractivity contribution in [1.82, 2.24) is 0 Å². The van der Waals surface area contributed by atoms with Gasteiger partial charge in [0.2, 0.25) is 6.29 Å². The molecule has 1 unspecified atom stereocenters. The third-order valence-electron chi connectivity index (χ3n) is 1.56. The first-order valence-electron chi connectivity index (χ1n) is 3.60. The van der Waals surface area contributed by atoms with E-state index in [1.54, 1.807) is 0 Å². The van der Waals surface area contributed by atoms with E-state index in [1.165, 1.54) is 0 Å². The van der Waals surface area contributed by atoms with Crippen molar-refractivity contribution in [2.45, 2.75) is 33.6 Å². The molecule has 0 fully saturated rings. The van der Waals surface area contributed by atoms with E-state index in [0.29, 0.717) is 5.92 Å². The van der Waals surface area contributed by atoms with Crippen molar-refractivity contribution in [3.8, 4) is 0 Å². The fourth-order valence-electron chi connectivity index (χ4n) is 0.839. The Hall–Kier alpha value is -0.330. The average molecular weight is 127 g/mol. The van der Waals surface area contributed by atoms with Crippen LogP contribution in [-0.2, 0) is 4.79 Å². The van der Waals surface area contributed by atoms with Crippen molar-refractivity contribution in [3.63, 3.8) is 0 Å². The third-order valence-corrected chi connectivity index (χ3v) is 1.56. The van der Waals surface area contributed by atoms with Gasteiger partial charge in [0.25, 0.3) is 0 Å².